The van der Waals surface area contributed by atoms with Crippen LogP contribution < -0.4 is 63.7 Å². The van der Waals surface area contributed by atoms with Crippen molar-refractivity contribution in [3.8, 4) is 0 Å². The minimum absolute atomic E-state index is 0. The summed E-state index contributed by atoms with van der Waals surface area (Å²) in [4.78, 5) is 0. The molecule has 0 saturated heterocycles. The molecule has 0 spiro atoms. The zero-order valence-corrected chi connectivity index (χ0v) is 55.4. The Morgan fingerprint density at radius 3 is 0.237 bits per heavy atom. The van der Waals surface area contributed by atoms with E-state index in [2.05, 4.69) is 364 Å². The zero-order valence-electron chi connectivity index (χ0n) is 43.9. The Kier molecular flexibility index (Phi) is 30.3. The first-order valence-electron chi connectivity index (χ1n) is 25.6. The van der Waals surface area contributed by atoms with Crippen molar-refractivity contribution in [2.24, 2.45) is 0 Å². The van der Waals surface area contributed by atoms with E-state index < -0.39 is 31.7 Å². The fraction of sp³-hybridized carbons (Fsp3) is 0. The second-order valence-electron chi connectivity index (χ2n) is 17.4. The fourth-order valence-corrected chi connectivity index (χ4v) is 17.9. The quantitative estimate of drug-likeness (QED) is 0.0845. The Hall–Kier alpha value is -5.22. The summed E-state index contributed by atoms with van der Waals surface area (Å²) in [5, 5.41) is 16.8. The van der Waals surface area contributed by atoms with E-state index in [4.69, 9.17) is 0 Å². The molecule has 12 rings (SSSR count). The molecule has 400 valence electrons. The van der Waals surface area contributed by atoms with Gasteiger partial charge in [-0.05, 0) is 95.3 Å². The first-order valence-corrected chi connectivity index (χ1v) is 31.0. The van der Waals surface area contributed by atoms with Crippen LogP contribution in [0.1, 0.15) is 0 Å². The first-order chi connectivity index (χ1) is 37.8. The monoisotopic (exact) mass is 1600 g/mol. The normalized spacial score (nSPS) is 10.1. The van der Waals surface area contributed by atoms with Crippen LogP contribution >= 0.6 is 31.7 Å². The Bertz CT molecular complexity index is 2600. The van der Waals surface area contributed by atoms with Crippen LogP contribution in [0.2, 0.25) is 0 Å². The Morgan fingerprint density at radius 2 is 0.175 bits per heavy atom. The standard InChI is InChI=1S/4C18H15P.2Pt.2Se/c4*1-4-10-16(11-5-1)19(17-12-6-2-7-13-17)18-14-8-3-9-15-18;;;;/h4*1-15H;;;;. The second-order valence-corrected chi connectivity index (χ2v) is 26.2. The average Bonchev–Trinajstić information content (AvgIpc) is 3.52. The van der Waals surface area contributed by atoms with Crippen LogP contribution in [-0.4, -0.2) is 34.1 Å². The summed E-state index contributed by atoms with van der Waals surface area (Å²) < 4.78 is 0. The summed E-state index contributed by atoms with van der Waals surface area (Å²) in [5.74, 6) is 0. The molecule has 12 aromatic carbocycles. The van der Waals surface area contributed by atoms with Gasteiger partial charge in [0.15, 0.2) is 0 Å². The summed E-state index contributed by atoms with van der Waals surface area (Å²) in [6, 6.07) is 129. The van der Waals surface area contributed by atoms with Crippen LogP contribution in [0.4, 0.5) is 0 Å². The van der Waals surface area contributed by atoms with Crippen LogP contribution in [0.25, 0.3) is 0 Å². The number of hydrogen-bond acceptors (Lipinski definition) is 0. The van der Waals surface area contributed by atoms with Gasteiger partial charge in [0.2, 0.25) is 0 Å². The molecule has 0 atom stereocenters. The van der Waals surface area contributed by atoms with Gasteiger partial charge in [0.25, 0.3) is 0 Å². The van der Waals surface area contributed by atoms with Gasteiger partial charge in [-0.15, -0.1) is 0 Å². The van der Waals surface area contributed by atoms with Crippen molar-refractivity contribution < 1.29 is 42.1 Å². The van der Waals surface area contributed by atoms with Crippen molar-refractivity contribution in [2.45, 2.75) is 0 Å². The van der Waals surface area contributed by atoms with E-state index in [0.717, 1.165) is 0 Å². The molecule has 80 heavy (non-hydrogen) atoms. The molecule has 0 fully saturated rings. The largest absolute Gasteiger partial charge is 0.0622 e. The van der Waals surface area contributed by atoms with Crippen LogP contribution in [0.5, 0.6) is 0 Å². The number of hydrogen-bond donors (Lipinski definition) is 0. The molecule has 8 heteroatoms. The van der Waals surface area contributed by atoms with Gasteiger partial charge in [-0.25, -0.2) is 0 Å². The molecular formula is C72H60P4Pt2Se2. The maximum Gasteiger partial charge on any atom is 0 e. The van der Waals surface area contributed by atoms with Crippen molar-refractivity contribution in [1.29, 1.82) is 0 Å². The minimum Gasteiger partial charge on any atom is -0.0622 e. The molecule has 0 aliphatic heterocycles. The van der Waals surface area contributed by atoms with E-state index in [1.165, 1.54) is 63.7 Å². The number of benzene rings is 12. The second kappa shape index (κ2) is 37.0. The van der Waals surface area contributed by atoms with Gasteiger partial charge in [0.05, 0.1) is 0 Å². The van der Waals surface area contributed by atoms with E-state index in [1.54, 1.807) is 0 Å². The molecule has 0 saturated carbocycles. The molecule has 0 nitrogen and oxygen atoms in total. The first kappa shape index (κ1) is 65.6. The molecule has 4 radical (unpaired) electrons. The van der Waals surface area contributed by atoms with Crippen molar-refractivity contribution >= 4 is 129 Å². The molecule has 0 bridgehead atoms. The van der Waals surface area contributed by atoms with Gasteiger partial charge >= 0.3 is 0 Å². The Labute approximate surface area is 530 Å². The predicted molar refractivity (Wildman–Crippen MR) is 352 cm³/mol. The molecule has 0 unspecified atom stereocenters. The smallest absolute Gasteiger partial charge is 0 e. The van der Waals surface area contributed by atoms with Gasteiger partial charge in [-0.3, -0.25) is 0 Å². The van der Waals surface area contributed by atoms with E-state index in [0.29, 0.717) is 0 Å². The van der Waals surface area contributed by atoms with Crippen molar-refractivity contribution in [3.63, 3.8) is 0 Å². The third-order valence-corrected chi connectivity index (χ3v) is 21.9. The van der Waals surface area contributed by atoms with E-state index in [1.807, 2.05) is 0 Å². The summed E-state index contributed by atoms with van der Waals surface area (Å²) in [6.07, 6.45) is 0. The number of rotatable bonds is 12. The van der Waals surface area contributed by atoms with Crippen LogP contribution in [0.15, 0.2) is 364 Å². The average molecular weight is 1600 g/mol. The van der Waals surface area contributed by atoms with Gasteiger partial charge in [-0.2, -0.15) is 0 Å². The topological polar surface area (TPSA) is 0 Å². The van der Waals surface area contributed by atoms with Crippen molar-refractivity contribution in [3.05, 3.63) is 364 Å². The summed E-state index contributed by atoms with van der Waals surface area (Å²) >= 11 is 0. The molecule has 12 aromatic rings. The van der Waals surface area contributed by atoms with Crippen LogP contribution in [0.3, 0.4) is 0 Å². The van der Waals surface area contributed by atoms with Gasteiger partial charge in [-0.1, -0.05) is 364 Å². The molecule has 0 aliphatic carbocycles. The van der Waals surface area contributed by atoms with Crippen molar-refractivity contribution in [1.82, 2.24) is 0 Å². The molecule has 0 N–H and O–H groups in total. The van der Waals surface area contributed by atoms with Gasteiger partial charge < -0.3 is 0 Å². The van der Waals surface area contributed by atoms with Gasteiger partial charge in [0, 0.05) is 76.3 Å². The van der Waals surface area contributed by atoms with Crippen molar-refractivity contribution in [2.75, 3.05) is 0 Å². The summed E-state index contributed by atoms with van der Waals surface area (Å²) in [5.41, 5.74) is 0. The molecule has 0 aliphatic rings. The maximum atomic E-state index is 2.23. The third-order valence-electron chi connectivity index (χ3n) is 12.2. The molecule has 0 heterocycles. The Balaban J connectivity index is 0.000000193. The SMILES string of the molecule is [Pt].[Pt].[Se].[Se].c1ccc(P(c2ccccc2)c2ccccc2)cc1.c1ccc(P(c2ccccc2)c2ccccc2)cc1.c1ccc(P(c2ccccc2)c2ccccc2)cc1.c1ccc(P(c2ccccc2)c2ccccc2)cc1. The maximum absolute atomic E-state index is 2.23. The van der Waals surface area contributed by atoms with E-state index in [-0.39, 0.29) is 76.3 Å². The summed E-state index contributed by atoms with van der Waals surface area (Å²) in [6.45, 7) is 0. The Morgan fingerprint density at radius 1 is 0.113 bits per heavy atom. The minimum atomic E-state index is -0.446. The van der Waals surface area contributed by atoms with E-state index in [9.17, 15) is 0 Å². The van der Waals surface area contributed by atoms with E-state index >= 15 is 0 Å². The third kappa shape index (κ3) is 19.5. The molecule has 0 aromatic heterocycles. The molecular weight excluding hydrogens is 1540 g/mol. The van der Waals surface area contributed by atoms with Crippen LogP contribution in [0, 0.1) is 0 Å². The molecule has 0 amide bonds. The predicted octanol–water partition coefficient (Wildman–Crippen LogP) is 13.0. The fourth-order valence-electron chi connectivity index (χ4n) is 8.71. The van der Waals surface area contributed by atoms with Crippen LogP contribution in [-0.2, 0) is 42.1 Å². The van der Waals surface area contributed by atoms with Gasteiger partial charge in [0.1, 0.15) is 0 Å². The zero-order chi connectivity index (χ0) is 51.7. The summed E-state index contributed by atoms with van der Waals surface area (Å²) in [7, 11) is -1.78.